The molecule has 0 fully saturated rings. The van der Waals surface area contributed by atoms with Crippen LogP contribution in [0.25, 0.3) is 22.2 Å². The Morgan fingerprint density at radius 1 is 0.812 bits per heavy atom. The molecule has 1 amide bonds. The summed E-state index contributed by atoms with van der Waals surface area (Å²) in [5.74, 6) is 0.676. The van der Waals surface area contributed by atoms with Gasteiger partial charge in [0.15, 0.2) is 0 Å². The summed E-state index contributed by atoms with van der Waals surface area (Å²) in [7, 11) is 1.93. The average molecular weight is 419 g/mol. The van der Waals surface area contributed by atoms with Crippen molar-refractivity contribution in [3.8, 4) is 11.1 Å². The molecule has 0 aliphatic rings. The lowest BCUT2D eigenvalue weighted by Gasteiger charge is -2.23. The van der Waals surface area contributed by atoms with Gasteiger partial charge in [0.05, 0.1) is 17.6 Å². The summed E-state index contributed by atoms with van der Waals surface area (Å²) < 4.78 is 1.92. The van der Waals surface area contributed by atoms with Crippen molar-refractivity contribution in [2.75, 3.05) is 4.90 Å². The van der Waals surface area contributed by atoms with Crippen molar-refractivity contribution < 1.29 is 4.79 Å². The van der Waals surface area contributed by atoms with E-state index in [0.717, 1.165) is 28.2 Å². The van der Waals surface area contributed by atoms with E-state index in [1.54, 1.807) is 35.6 Å². The summed E-state index contributed by atoms with van der Waals surface area (Å²) in [5.41, 5.74) is 4.94. The first kappa shape index (κ1) is 19.6. The molecule has 0 unspecified atom stereocenters. The van der Waals surface area contributed by atoms with E-state index in [1.165, 1.54) is 0 Å². The molecule has 32 heavy (non-hydrogen) atoms. The molecule has 0 N–H and O–H groups in total. The van der Waals surface area contributed by atoms with Crippen LogP contribution in [0.4, 0.5) is 5.69 Å². The predicted molar refractivity (Wildman–Crippen MR) is 125 cm³/mol. The summed E-state index contributed by atoms with van der Waals surface area (Å²) in [6, 6.07) is 23.6. The van der Waals surface area contributed by atoms with Crippen molar-refractivity contribution in [1.29, 1.82) is 0 Å². The molecule has 2 aromatic heterocycles. The largest absolute Gasteiger partial charge is 0.337 e. The molecule has 0 saturated heterocycles. The van der Waals surface area contributed by atoms with Gasteiger partial charge in [0.2, 0.25) is 0 Å². The Labute approximate surface area is 185 Å². The van der Waals surface area contributed by atoms with Crippen molar-refractivity contribution in [3.05, 3.63) is 109 Å². The van der Waals surface area contributed by atoms with Crippen LogP contribution < -0.4 is 4.90 Å². The molecule has 6 heteroatoms. The summed E-state index contributed by atoms with van der Waals surface area (Å²) in [6.45, 7) is 0.346. The topological polar surface area (TPSA) is 63.9 Å². The van der Waals surface area contributed by atoms with Gasteiger partial charge in [-0.15, -0.1) is 0 Å². The SMILES string of the molecule is Cn1ccnc1CN(C(=O)c1ccc2nccnc2c1)c1cccc(-c2ccccc2)c1. The van der Waals surface area contributed by atoms with Crippen LogP contribution in [0.1, 0.15) is 16.2 Å². The van der Waals surface area contributed by atoms with E-state index in [2.05, 4.69) is 27.1 Å². The minimum absolute atomic E-state index is 0.120. The van der Waals surface area contributed by atoms with Gasteiger partial charge in [0.25, 0.3) is 5.91 Å². The fourth-order valence-corrected chi connectivity index (χ4v) is 3.71. The van der Waals surface area contributed by atoms with Crippen molar-refractivity contribution in [1.82, 2.24) is 19.5 Å². The van der Waals surface area contributed by atoms with Gasteiger partial charge in [-0.3, -0.25) is 14.8 Å². The number of imidazole rings is 1. The van der Waals surface area contributed by atoms with Gasteiger partial charge < -0.3 is 9.47 Å². The van der Waals surface area contributed by atoms with Crippen LogP contribution >= 0.6 is 0 Å². The van der Waals surface area contributed by atoms with Crippen LogP contribution in [0.5, 0.6) is 0 Å². The minimum Gasteiger partial charge on any atom is -0.337 e. The molecule has 2 heterocycles. The maximum Gasteiger partial charge on any atom is 0.258 e. The van der Waals surface area contributed by atoms with Crippen LogP contribution in [0, 0.1) is 0 Å². The summed E-state index contributed by atoms with van der Waals surface area (Å²) in [6.07, 6.45) is 6.89. The van der Waals surface area contributed by atoms with Gasteiger partial charge in [-0.25, -0.2) is 4.98 Å². The highest BCUT2D eigenvalue weighted by Gasteiger charge is 2.21. The Hall–Kier alpha value is -4.32. The molecule has 0 spiro atoms. The monoisotopic (exact) mass is 419 g/mol. The number of rotatable bonds is 5. The lowest BCUT2D eigenvalue weighted by molar-refractivity contribution is 0.0984. The molecule has 0 atom stereocenters. The maximum atomic E-state index is 13.7. The highest BCUT2D eigenvalue weighted by Crippen LogP contribution is 2.27. The van der Waals surface area contributed by atoms with Crippen molar-refractivity contribution in [2.24, 2.45) is 7.05 Å². The van der Waals surface area contributed by atoms with Gasteiger partial charge in [0.1, 0.15) is 5.82 Å². The Bertz CT molecular complexity index is 1390. The first-order chi connectivity index (χ1) is 15.7. The zero-order valence-electron chi connectivity index (χ0n) is 17.6. The zero-order valence-corrected chi connectivity index (χ0v) is 17.6. The van der Waals surface area contributed by atoms with Crippen molar-refractivity contribution in [2.45, 2.75) is 6.54 Å². The lowest BCUT2D eigenvalue weighted by atomic mass is 10.0. The highest BCUT2D eigenvalue weighted by molar-refractivity contribution is 6.07. The average Bonchev–Trinajstić information content (AvgIpc) is 3.26. The summed E-state index contributed by atoms with van der Waals surface area (Å²) >= 11 is 0. The maximum absolute atomic E-state index is 13.7. The lowest BCUT2D eigenvalue weighted by Crippen LogP contribution is -2.31. The smallest absolute Gasteiger partial charge is 0.258 e. The Morgan fingerprint density at radius 3 is 2.38 bits per heavy atom. The van der Waals surface area contributed by atoms with E-state index in [9.17, 15) is 4.79 Å². The first-order valence-electron chi connectivity index (χ1n) is 10.3. The van der Waals surface area contributed by atoms with E-state index < -0.39 is 0 Å². The molecule has 5 rings (SSSR count). The van der Waals surface area contributed by atoms with E-state index in [1.807, 2.05) is 66.3 Å². The number of carbonyl (C=O) groups excluding carboxylic acids is 1. The summed E-state index contributed by atoms with van der Waals surface area (Å²) in [4.78, 5) is 28.6. The Kier molecular flexibility index (Phi) is 5.17. The van der Waals surface area contributed by atoms with Gasteiger partial charge in [-0.05, 0) is 41.5 Å². The van der Waals surface area contributed by atoms with Crippen LogP contribution in [0.3, 0.4) is 0 Å². The third-order valence-corrected chi connectivity index (χ3v) is 5.45. The fourth-order valence-electron chi connectivity index (χ4n) is 3.71. The van der Waals surface area contributed by atoms with Crippen LogP contribution in [-0.4, -0.2) is 25.4 Å². The molecule has 156 valence electrons. The van der Waals surface area contributed by atoms with Gasteiger partial charge in [-0.1, -0.05) is 42.5 Å². The third-order valence-electron chi connectivity index (χ3n) is 5.45. The second-order valence-electron chi connectivity index (χ2n) is 7.52. The number of anilines is 1. The highest BCUT2D eigenvalue weighted by atomic mass is 16.2. The van der Waals surface area contributed by atoms with Crippen molar-refractivity contribution >= 4 is 22.6 Å². The van der Waals surface area contributed by atoms with Gasteiger partial charge in [0, 0.05) is 43.1 Å². The number of carbonyl (C=O) groups is 1. The second-order valence-corrected chi connectivity index (χ2v) is 7.52. The molecule has 0 saturated carbocycles. The number of benzene rings is 3. The molecule has 3 aromatic carbocycles. The standard InChI is InChI=1S/C26H21N5O/c1-30-15-14-29-25(30)18-31(22-9-5-8-20(16-22)19-6-3-2-4-7-19)26(32)21-10-11-23-24(17-21)28-13-12-27-23/h2-17H,18H2,1H3. The molecule has 6 nitrogen and oxygen atoms in total. The van der Waals surface area contributed by atoms with Crippen molar-refractivity contribution in [3.63, 3.8) is 0 Å². The Balaban J connectivity index is 1.57. The first-order valence-corrected chi connectivity index (χ1v) is 10.3. The van der Waals surface area contributed by atoms with Gasteiger partial charge >= 0.3 is 0 Å². The predicted octanol–water partition coefficient (Wildman–Crippen LogP) is 4.88. The molecule has 0 bridgehead atoms. The van der Waals surface area contributed by atoms with E-state index in [0.29, 0.717) is 17.6 Å². The molecule has 5 aromatic rings. The minimum atomic E-state index is -0.120. The number of aryl methyl sites for hydroxylation is 1. The number of fused-ring (bicyclic) bond motifs is 1. The van der Waals surface area contributed by atoms with E-state index in [4.69, 9.17) is 0 Å². The van der Waals surface area contributed by atoms with Crippen LogP contribution in [-0.2, 0) is 13.6 Å². The third kappa shape index (κ3) is 3.86. The number of nitrogens with zero attached hydrogens (tertiary/aromatic N) is 5. The van der Waals surface area contributed by atoms with E-state index in [-0.39, 0.29) is 5.91 Å². The molecule has 0 aliphatic carbocycles. The summed E-state index contributed by atoms with van der Waals surface area (Å²) in [5, 5.41) is 0. The number of amides is 1. The molecular formula is C26H21N5O. The van der Waals surface area contributed by atoms with Crippen LogP contribution in [0.2, 0.25) is 0 Å². The molecule has 0 radical (unpaired) electrons. The number of hydrogen-bond acceptors (Lipinski definition) is 4. The number of aromatic nitrogens is 4. The fraction of sp³-hybridized carbons (Fsp3) is 0.0769. The second kappa shape index (κ2) is 8.43. The normalized spacial score (nSPS) is 10.9. The van der Waals surface area contributed by atoms with E-state index >= 15 is 0 Å². The molecular weight excluding hydrogens is 398 g/mol. The Morgan fingerprint density at radius 2 is 1.59 bits per heavy atom. The molecule has 0 aliphatic heterocycles. The zero-order chi connectivity index (χ0) is 21.9. The quantitative estimate of drug-likeness (QED) is 0.407. The van der Waals surface area contributed by atoms with Crippen LogP contribution in [0.15, 0.2) is 97.6 Å². The van der Waals surface area contributed by atoms with Gasteiger partial charge in [-0.2, -0.15) is 0 Å². The number of hydrogen-bond donors (Lipinski definition) is 0.